The van der Waals surface area contributed by atoms with E-state index >= 15 is 0 Å². The summed E-state index contributed by atoms with van der Waals surface area (Å²) < 4.78 is 32.6. The van der Waals surface area contributed by atoms with E-state index in [1.54, 1.807) is 24.3 Å². The average molecular weight is 397 g/mol. The lowest BCUT2D eigenvalue weighted by Gasteiger charge is -2.33. The van der Waals surface area contributed by atoms with Crippen LogP contribution in [0.1, 0.15) is 12.5 Å². The second kappa shape index (κ2) is 9.11. The van der Waals surface area contributed by atoms with Crippen molar-refractivity contribution in [3.63, 3.8) is 0 Å². The summed E-state index contributed by atoms with van der Waals surface area (Å²) >= 11 is 0. The van der Waals surface area contributed by atoms with Crippen LogP contribution in [0.5, 0.6) is 0 Å². The van der Waals surface area contributed by atoms with Gasteiger partial charge in [-0.2, -0.15) is 4.31 Å². The zero-order chi connectivity index (χ0) is 19.3. The summed E-state index contributed by atoms with van der Waals surface area (Å²) in [6.07, 6.45) is 0. The number of rotatable bonds is 6. The lowest BCUT2D eigenvalue weighted by atomic mass is 10.2. The molecule has 0 spiro atoms. The fourth-order valence-electron chi connectivity index (χ4n) is 3.38. The third-order valence-electron chi connectivity index (χ3n) is 5.02. The lowest BCUT2D eigenvalue weighted by molar-refractivity contribution is -0.123. The molecule has 2 saturated heterocycles. The van der Waals surface area contributed by atoms with E-state index in [1.807, 2.05) is 0 Å². The maximum Gasteiger partial charge on any atom is 0.243 e. The van der Waals surface area contributed by atoms with Crippen molar-refractivity contribution in [2.75, 3.05) is 52.5 Å². The fourth-order valence-corrected chi connectivity index (χ4v) is 5.01. The standard InChI is InChI=1S/C18H28N4O4S/c1-15-12-19-6-7-21(15)14-18(23)20-13-16-4-2-3-5-17(16)27(24,25)22-8-10-26-11-9-22/h2-5,15,19H,6-14H2,1H3,(H,20,23)/t15-/m0/s1. The predicted molar refractivity (Wildman–Crippen MR) is 102 cm³/mol. The third kappa shape index (κ3) is 5.05. The van der Waals surface area contributed by atoms with Crippen LogP contribution in [0.25, 0.3) is 0 Å². The van der Waals surface area contributed by atoms with Crippen LogP contribution in [0.15, 0.2) is 29.2 Å². The Kier molecular flexibility index (Phi) is 6.83. The van der Waals surface area contributed by atoms with E-state index in [0.29, 0.717) is 44.5 Å². The molecule has 1 aromatic rings. The molecule has 2 aliphatic heterocycles. The number of amides is 1. The van der Waals surface area contributed by atoms with E-state index in [-0.39, 0.29) is 17.3 Å². The molecule has 2 heterocycles. The number of carbonyl (C=O) groups excluding carboxylic acids is 1. The molecule has 1 amide bonds. The maximum absolute atomic E-state index is 13.0. The first-order valence-electron chi connectivity index (χ1n) is 9.36. The van der Waals surface area contributed by atoms with E-state index in [4.69, 9.17) is 4.74 Å². The molecule has 0 unspecified atom stereocenters. The van der Waals surface area contributed by atoms with Crippen LogP contribution in [0, 0.1) is 0 Å². The highest BCUT2D eigenvalue weighted by atomic mass is 32.2. The number of benzene rings is 1. The summed E-state index contributed by atoms with van der Waals surface area (Å²) in [6.45, 7) is 6.68. The summed E-state index contributed by atoms with van der Waals surface area (Å²) in [5.74, 6) is -0.0951. The fraction of sp³-hybridized carbons (Fsp3) is 0.611. The Bertz CT molecular complexity index is 749. The van der Waals surface area contributed by atoms with Gasteiger partial charge in [0.1, 0.15) is 0 Å². The van der Waals surface area contributed by atoms with E-state index in [1.165, 1.54) is 4.31 Å². The Morgan fingerprint density at radius 1 is 1.26 bits per heavy atom. The normalized spacial score (nSPS) is 22.5. The van der Waals surface area contributed by atoms with Crippen molar-refractivity contribution in [1.29, 1.82) is 0 Å². The molecule has 1 atom stereocenters. The van der Waals surface area contributed by atoms with Crippen LogP contribution in [-0.4, -0.2) is 82.1 Å². The maximum atomic E-state index is 13.0. The van der Waals surface area contributed by atoms with Crippen molar-refractivity contribution in [2.24, 2.45) is 0 Å². The van der Waals surface area contributed by atoms with Gasteiger partial charge >= 0.3 is 0 Å². The van der Waals surface area contributed by atoms with Gasteiger partial charge in [0, 0.05) is 45.3 Å². The molecule has 0 bridgehead atoms. The van der Waals surface area contributed by atoms with E-state index in [9.17, 15) is 13.2 Å². The predicted octanol–water partition coefficient (Wildman–Crippen LogP) is -0.383. The Morgan fingerprint density at radius 2 is 2.00 bits per heavy atom. The topological polar surface area (TPSA) is 91.0 Å². The molecule has 150 valence electrons. The molecule has 8 nitrogen and oxygen atoms in total. The summed E-state index contributed by atoms with van der Waals surface area (Å²) in [5.41, 5.74) is 0.603. The summed E-state index contributed by atoms with van der Waals surface area (Å²) in [6, 6.07) is 7.16. The first kappa shape index (κ1) is 20.2. The van der Waals surface area contributed by atoms with Crippen molar-refractivity contribution in [1.82, 2.24) is 19.8 Å². The second-order valence-electron chi connectivity index (χ2n) is 6.92. The van der Waals surface area contributed by atoms with Crippen molar-refractivity contribution in [3.05, 3.63) is 29.8 Å². The molecule has 0 aromatic heterocycles. The molecule has 9 heteroatoms. The highest BCUT2D eigenvalue weighted by molar-refractivity contribution is 7.89. The third-order valence-corrected chi connectivity index (χ3v) is 7.02. The molecule has 2 N–H and O–H groups in total. The van der Waals surface area contributed by atoms with Gasteiger partial charge in [-0.3, -0.25) is 9.69 Å². The molecule has 0 radical (unpaired) electrons. The Hall–Kier alpha value is -1.52. The molecule has 1 aromatic carbocycles. The highest BCUT2D eigenvalue weighted by Crippen LogP contribution is 2.21. The van der Waals surface area contributed by atoms with Crippen molar-refractivity contribution in [3.8, 4) is 0 Å². The van der Waals surface area contributed by atoms with Crippen LogP contribution < -0.4 is 10.6 Å². The van der Waals surface area contributed by atoms with E-state index < -0.39 is 10.0 Å². The van der Waals surface area contributed by atoms with Crippen molar-refractivity contribution < 1.29 is 17.9 Å². The Labute approximate surface area is 160 Å². The monoisotopic (exact) mass is 396 g/mol. The van der Waals surface area contributed by atoms with Crippen LogP contribution in [0.2, 0.25) is 0 Å². The number of morpholine rings is 1. The number of nitrogens with one attached hydrogen (secondary N) is 2. The minimum atomic E-state index is -3.59. The van der Waals surface area contributed by atoms with Gasteiger partial charge in [0.05, 0.1) is 24.7 Å². The largest absolute Gasteiger partial charge is 0.379 e. The number of nitrogens with zero attached hydrogens (tertiary/aromatic N) is 2. The molecule has 3 rings (SSSR count). The van der Waals surface area contributed by atoms with Gasteiger partial charge in [-0.25, -0.2) is 8.42 Å². The number of ether oxygens (including phenoxy) is 1. The van der Waals surface area contributed by atoms with Gasteiger partial charge in [0.25, 0.3) is 0 Å². The van der Waals surface area contributed by atoms with Crippen LogP contribution >= 0.6 is 0 Å². The van der Waals surface area contributed by atoms with Gasteiger partial charge in [-0.1, -0.05) is 18.2 Å². The molecule has 2 fully saturated rings. The van der Waals surface area contributed by atoms with Crippen LogP contribution in [0.4, 0.5) is 0 Å². The number of piperazine rings is 1. The lowest BCUT2D eigenvalue weighted by Crippen LogP contribution is -2.52. The van der Waals surface area contributed by atoms with Gasteiger partial charge < -0.3 is 15.4 Å². The van der Waals surface area contributed by atoms with E-state index in [2.05, 4.69) is 22.5 Å². The number of carbonyl (C=O) groups is 1. The zero-order valence-corrected chi connectivity index (χ0v) is 16.5. The van der Waals surface area contributed by atoms with Crippen molar-refractivity contribution in [2.45, 2.75) is 24.4 Å². The minimum Gasteiger partial charge on any atom is -0.379 e. The average Bonchev–Trinajstić information content (AvgIpc) is 2.69. The second-order valence-corrected chi connectivity index (χ2v) is 8.83. The summed E-state index contributed by atoms with van der Waals surface area (Å²) in [4.78, 5) is 14.7. The van der Waals surface area contributed by atoms with Crippen LogP contribution in [-0.2, 0) is 26.1 Å². The van der Waals surface area contributed by atoms with Gasteiger partial charge in [-0.15, -0.1) is 0 Å². The first-order chi connectivity index (χ1) is 13.0. The molecule has 27 heavy (non-hydrogen) atoms. The molecule has 0 aliphatic carbocycles. The summed E-state index contributed by atoms with van der Waals surface area (Å²) in [7, 11) is -3.59. The van der Waals surface area contributed by atoms with Gasteiger partial charge in [0.15, 0.2) is 0 Å². The number of hydrogen-bond donors (Lipinski definition) is 2. The van der Waals surface area contributed by atoms with E-state index in [0.717, 1.165) is 19.6 Å². The van der Waals surface area contributed by atoms with Gasteiger partial charge in [0.2, 0.25) is 15.9 Å². The zero-order valence-electron chi connectivity index (χ0n) is 15.7. The minimum absolute atomic E-state index is 0.0951. The molecular weight excluding hydrogens is 368 g/mol. The Morgan fingerprint density at radius 3 is 2.74 bits per heavy atom. The Balaban J connectivity index is 1.64. The summed E-state index contributed by atoms with van der Waals surface area (Å²) in [5, 5.41) is 6.17. The molecular formula is C18H28N4O4S. The molecule has 0 saturated carbocycles. The van der Waals surface area contributed by atoms with Gasteiger partial charge in [-0.05, 0) is 18.6 Å². The molecule has 2 aliphatic rings. The number of hydrogen-bond acceptors (Lipinski definition) is 6. The smallest absolute Gasteiger partial charge is 0.243 e. The first-order valence-corrected chi connectivity index (χ1v) is 10.8. The van der Waals surface area contributed by atoms with Crippen molar-refractivity contribution >= 4 is 15.9 Å². The quantitative estimate of drug-likeness (QED) is 0.681. The van der Waals surface area contributed by atoms with Crippen LogP contribution in [0.3, 0.4) is 0 Å². The SMILES string of the molecule is C[C@H]1CNCCN1CC(=O)NCc1ccccc1S(=O)(=O)N1CCOCC1. The highest BCUT2D eigenvalue weighted by Gasteiger charge is 2.28. The number of sulfonamides is 1.